The van der Waals surface area contributed by atoms with Crippen molar-refractivity contribution in [3.05, 3.63) is 23.3 Å². The van der Waals surface area contributed by atoms with Gasteiger partial charge in [0.25, 0.3) is 0 Å². The van der Waals surface area contributed by atoms with Gasteiger partial charge in [0, 0.05) is 0 Å². The van der Waals surface area contributed by atoms with Crippen LogP contribution in [-0.2, 0) is 9.47 Å². The molecular weight excluding hydrogens is 248 g/mol. The largest absolute Gasteiger partial charge is 0.374 e. The molecule has 0 saturated carbocycles. The third-order valence-electron chi connectivity index (χ3n) is 2.84. The van der Waals surface area contributed by atoms with E-state index in [-0.39, 0.29) is 0 Å². The lowest BCUT2D eigenvalue weighted by Crippen LogP contribution is -2.13. The van der Waals surface area contributed by atoms with E-state index in [4.69, 9.17) is 9.47 Å². The molecule has 20 heavy (non-hydrogen) atoms. The smallest absolute Gasteiger partial charge is 0.0653 e. The van der Waals surface area contributed by atoms with Gasteiger partial charge in [0.2, 0.25) is 0 Å². The first-order chi connectivity index (χ1) is 9.58. The zero-order valence-corrected chi connectivity index (χ0v) is 15.0. The van der Waals surface area contributed by atoms with Crippen LogP contribution in [0.15, 0.2) is 23.3 Å². The monoisotopic (exact) mass is 284 g/mol. The van der Waals surface area contributed by atoms with Crippen LogP contribution in [0.25, 0.3) is 0 Å². The van der Waals surface area contributed by atoms with Crippen LogP contribution in [0, 0.1) is 0 Å². The summed E-state index contributed by atoms with van der Waals surface area (Å²) in [5.74, 6) is 0. The second kappa shape index (κ2) is 14.8. The molecule has 0 radical (unpaired) electrons. The van der Waals surface area contributed by atoms with Crippen LogP contribution in [0.2, 0.25) is 0 Å². The summed E-state index contributed by atoms with van der Waals surface area (Å²) in [6, 6.07) is 0. The summed E-state index contributed by atoms with van der Waals surface area (Å²) in [7, 11) is 0. The highest BCUT2D eigenvalue weighted by Gasteiger charge is 2.06. The lowest BCUT2D eigenvalue weighted by molar-refractivity contribution is 0.0782. The average molecular weight is 284 g/mol. The van der Waals surface area contributed by atoms with Crippen LogP contribution in [0.3, 0.4) is 0 Å². The van der Waals surface area contributed by atoms with E-state index in [1.165, 1.54) is 11.1 Å². The minimum Gasteiger partial charge on any atom is -0.374 e. The Balaban J connectivity index is 0. The molecular formula is C18H36O2. The molecule has 0 aromatic rings. The molecule has 0 bridgehead atoms. The van der Waals surface area contributed by atoms with E-state index in [9.17, 15) is 0 Å². The molecule has 0 unspecified atom stereocenters. The Hall–Kier alpha value is -0.600. The van der Waals surface area contributed by atoms with E-state index in [1.54, 1.807) is 0 Å². The highest BCUT2D eigenvalue weighted by molar-refractivity contribution is 5.02. The molecule has 2 nitrogen and oxygen atoms in total. The van der Waals surface area contributed by atoms with Gasteiger partial charge >= 0.3 is 0 Å². The van der Waals surface area contributed by atoms with Gasteiger partial charge in [0.1, 0.15) is 0 Å². The van der Waals surface area contributed by atoms with Crippen LogP contribution in [0.1, 0.15) is 68.2 Å². The van der Waals surface area contributed by atoms with Crippen LogP contribution in [0.5, 0.6) is 0 Å². The van der Waals surface area contributed by atoms with Gasteiger partial charge < -0.3 is 9.47 Å². The number of hydrogen-bond acceptors (Lipinski definition) is 2. The Kier molecular flexibility index (Phi) is 16.1. The fraction of sp³-hybridized carbons (Fsp3) is 0.778. The highest BCUT2D eigenvalue weighted by atomic mass is 16.5. The summed E-state index contributed by atoms with van der Waals surface area (Å²) >= 11 is 0. The number of ether oxygens (including phenoxy) is 2. The third kappa shape index (κ3) is 12.4. The molecule has 0 fully saturated rings. The zero-order chi connectivity index (χ0) is 16.0. The fourth-order valence-corrected chi connectivity index (χ4v) is 1.90. The molecule has 120 valence electrons. The molecule has 0 spiro atoms. The molecule has 2 aliphatic rings. The van der Waals surface area contributed by atoms with Crippen LogP contribution < -0.4 is 0 Å². The van der Waals surface area contributed by atoms with Gasteiger partial charge in [-0.05, 0) is 40.5 Å². The molecule has 2 heteroatoms. The maximum Gasteiger partial charge on any atom is 0.0653 e. The summed E-state index contributed by atoms with van der Waals surface area (Å²) in [5, 5.41) is 0. The predicted molar refractivity (Wildman–Crippen MR) is 90.3 cm³/mol. The molecule has 2 atom stereocenters. The molecule has 2 aliphatic heterocycles. The molecule has 2 rings (SSSR count). The summed E-state index contributed by atoms with van der Waals surface area (Å²) in [4.78, 5) is 0. The quantitative estimate of drug-likeness (QED) is 0.544. The standard InChI is InChI=1S/2C7H12O.2C2H6/c2*1-6-3-4-8-7(2)5-6;2*1-2/h2*3,7H,4-5H2,1-2H3;2*1-2H3/t2*7-;;/m10../s1. The van der Waals surface area contributed by atoms with Crippen LogP contribution in [-0.4, -0.2) is 25.4 Å². The first-order valence-corrected chi connectivity index (χ1v) is 8.12. The maximum absolute atomic E-state index is 5.27. The van der Waals surface area contributed by atoms with E-state index in [2.05, 4.69) is 39.8 Å². The van der Waals surface area contributed by atoms with Gasteiger partial charge in [-0.25, -0.2) is 0 Å². The van der Waals surface area contributed by atoms with E-state index in [0.717, 1.165) is 26.1 Å². The Labute approximate surface area is 127 Å². The zero-order valence-electron chi connectivity index (χ0n) is 15.0. The molecule has 2 heterocycles. The van der Waals surface area contributed by atoms with Crippen molar-refractivity contribution in [1.29, 1.82) is 0 Å². The summed E-state index contributed by atoms with van der Waals surface area (Å²) < 4.78 is 10.5. The van der Waals surface area contributed by atoms with Crippen molar-refractivity contribution in [2.75, 3.05) is 13.2 Å². The maximum atomic E-state index is 5.27. The molecule has 0 aromatic carbocycles. The van der Waals surface area contributed by atoms with Crippen LogP contribution in [0.4, 0.5) is 0 Å². The second-order valence-corrected chi connectivity index (χ2v) is 4.80. The van der Waals surface area contributed by atoms with Crippen LogP contribution >= 0.6 is 0 Å². The van der Waals surface area contributed by atoms with Crippen molar-refractivity contribution >= 4 is 0 Å². The normalized spacial score (nSPS) is 24.4. The fourth-order valence-electron chi connectivity index (χ4n) is 1.90. The van der Waals surface area contributed by atoms with E-state index >= 15 is 0 Å². The summed E-state index contributed by atoms with van der Waals surface area (Å²) in [5.41, 5.74) is 2.92. The van der Waals surface area contributed by atoms with E-state index in [1.807, 2.05) is 27.7 Å². The minimum absolute atomic E-state index is 0.444. The highest BCUT2D eigenvalue weighted by Crippen LogP contribution is 2.12. The number of rotatable bonds is 0. The first-order valence-electron chi connectivity index (χ1n) is 8.12. The van der Waals surface area contributed by atoms with Gasteiger partial charge in [-0.3, -0.25) is 0 Å². The first kappa shape index (κ1) is 21.7. The van der Waals surface area contributed by atoms with Gasteiger partial charge in [0.05, 0.1) is 25.4 Å². The molecule has 0 aliphatic carbocycles. The Morgan fingerprint density at radius 3 is 1.20 bits per heavy atom. The van der Waals surface area contributed by atoms with Gasteiger partial charge in [-0.15, -0.1) is 0 Å². The van der Waals surface area contributed by atoms with Gasteiger partial charge in [-0.2, -0.15) is 0 Å². The van der Waals surface area contributed by atoms with Crippen molar-refractivity contribution in [2.45, 2.75) is 80.4 Å². The lowest BCUT2D eigenvalue weighted by Gasteiger charge is -2.16. The van der Waals surface area contributed by atoms with Crippen molar-refractivity contribution in [2.24, 2.45) is 0 Å². The second-order valence-electron chi connectivity index (χ2n) is 4.80. The predicted octanol–water partition coefficient (Wildman–Crippen LogP) is 5.54. The lowest BCUT2D eigenvalue weighted by atomic mass is 10.1. The molecule has 0 aromatic heterocycles. The van der Waals surface area contributed by atoms with Crippen molar-refractivity contribution in [1.82, 2.24) is 0 Å². The summed E-state index contributed by atoms with van der Waals surface area (Å²) in [6.07, 6.45) is 7.39. The Morgan fingerprint density at radius 2 is 1.05 bits per heavy atom. The van der Waals surface area contributed by atoms with E-state index < -0.39 is 0 Å². The molecule has 0 N–H and O–H groups in total. The SMILES string of the molecule is CC.CC.CC1=CCO[C@@H](C)C1.CC1=CCO[C@H](C)C1. The van der Waals surface area contributed by atoms with Gasteiger partial charge in [0.15, 0.2) is 0 Å². The third-order valence-corrected chi connectivity index (χ3v) is 2.84. The van der Waals surface area contributed by atoms with Crippen molar-refractivity contribution in [3.63, 3.8) is 0 Å². The van der Waals surface area contributed by atoms with E-state index in [0.29, 0.717) is 12.2 Å². The molecule has 0 saturated heterocycles. The Bertz CT molecular complexity index is 239. The minimum atomic E-state index is 0.444. The summed E-state index contributed by atoms with van der Waals surface area (Å²) in [6.45, 7) is 18.1. The van der Waals surface area contributed by atoms with Crippen molar-refractivity contribution in [3.8, 4) is 0 Å². The Morgan fingerprint density at radius 1 is 0.750 bits per heavy atom. The molecule has 0 amide bonds. The average Bonchev–Trinajstić information content (AvgIpc) is 2.43. The topological polar surface area (TPSA) is 18.5 Å². The van der Waals surface area contributed by atoms with Crippen molar-refractivity contribution < 1.29 is 9.47 Å². The van der Waals surface area contributed by atoms with Gasteiger partial charge in [-0.1, -0.05) is 51.0 Å². The number of hydrogen-bond donors (Lipinski definition) is 0.